The largest absolute Gasteiger partial charge is 0.354 e. The molecule has 1 heterocycles. The van der Waals surface area contributed by atoms with E-state index in [-0.39, 0.29) is 0 Å². The van der Waals surface area contributed by atoms with Gasteiger partial charge in [-0.15, -0.1) is 0 Å². The molecule has 0 bridgehead atoms. The number of nitrogens with one attached hydrogen (secondary N) is 1. The van der Waals surface area contributed by atoms with Gasteiger partial charge in [-0.05, 0) is 39.2 Å². The zero-order chi connectivity index (χ0) is 19.1. The molecule has 0 radical (unpaired) electrons. The van der Waals surface area contributed by atoms with E-state index in [0.29, 0.717) is 5.95 Å². The first-order valence-electron chi connectivity index (χ1n) is 9.25. The van der Waals surface area contributed by atoms with E-state index in [9.17, 15) is 0 Å². The van der Waals surface area contributed by atoms with Crippen molar-refractivity contribution in [1.29, 1.82) is 0 Å². The fourth-order valence-corrected chi connectivity index (χ4v) is 2.82. The Hall–Kier alpha value is -2.92. The maximum absolute atomic E-state index is 4.74. The standard InChI is InChI=1S/C22H27N5/c1-26(2)16-10-15-23-22-24-20(18-11-6-4-7-12-18)17-21(25-22)27(3)19-13-8-5-9-14-19/h4-9,11-14,17H,10,15-16H2,1-3H3,(H,23,24,25). The van der Waals surface area contributed by atoms with Gasteiger partial charge in [0.2, 0.25) is 5.95 Å². The Morgan fingerprint density at radius 3 is 2.19 bits per heavy atom. The van der Waals surface area contributed by atoms with Crippen molar-refractivity contribution >= 4 is 17.5 Å². The lowest BCUT2D eigenvalue weighted by atomic mass is 10.1. The van der Waals surface area contributed by atoms with Crippen molar-refractivity contribution < 1.29 is 0 Å². The third-order valence-electron chi connectivity index (χ3n) is 4.33. The average molecular weight is 361 g/mol. The van der Waals surface area contributed by atoms with Crippen LogP contribution in [0.25, 0.3) is 11.3 Å². The normalized spacial score (nSPS) is 10.8. The van der Waals surface area contributed by atoms with Crippen molar-refractivity contribution in [2.45, 2.75) is 6.42 Å². The van der Waals surface area contributed by atoms with E-state index < -0.39 is 0 Å². The van der Waals surface area contributed by atoms with E-state index in [1.54, 1.807) is 0 Å². The molecule has 0 fully saturated rings. The lowest BCUT2D eigenvalue weighted by Gasteiger charge is -2.20. The van der Waals surface area contributed by atoms with Crippen LogP contribution in [-0.2, 0) is 0 Å². The summed E-state index contributed by atoms with van der Waals surface area (Å²) in [6.45, 7) is 1.87. The summed E-state index contributed by atoms with van der Waals surface area (Å²) in [4.78, 5) is 13.7. The molecule has 3 rings (SSSR count). The first-order valence-corrected chi connectivity index (χ1v) is 9.25. The van der Waals surface area contributed by atoms with Crippen molar-refractivity contribution in [3.63, 3.8) is 0 Å². The molecule has 1 N–H and O–H groups in total. The molecule has 2 aromatic carbocycles. The Morgan fingerprint density at radius 2 is 1.52 bits per heavy atom. The number of hydrogen-bond acceptors (Lipinski definition) is 5. The van der Waals surface area contributed by atoms with E-state index in [1.165, 1.54) is 0 Å². The lowest BCUT2D eigenvalue weighted by Crippen LogP contribution is -2.18. The Kier molecular flexibility index (Phi) is 6.39. The van der Waals surface area contributed by atoms with Gasteiger partial charge in [0.25, 0.3) is 0 Å². The molecule has 3 aromatic rings. The number of rotatable bonds is 8. The molecule has 0 spiro atoms. The minimum absolute atomic E-state index is 0.660. The van der Waals surface area contributed by atoms with E-state index in [1.807, 2.05) is 49.5 Å². The van der Waals surface area contributed by atoms with Gasteiger partial charge in [0, 0.05) is 30.9 Å². The van der Waals surface area contributed by atoms with Gasteiger partial charge in [0.15, 0.2) is 0 Å². The van der Waals surface area contributed by atoms with Crippen molar-refractivity contribution in [1.82, 2.24) is 14.9 Å². The first kappa shape index (κ1) is 18.9. The van der Waals surface area contributed by atoms with Gasteiger partial charge in [-0.3, -0.25) is 0 Å². The molecule has 0 saturated heterocycles. The fraction of sp³-hybridized carbons (Fsp3) is 0.273. The topological polar surface area (TPSA) is 44.3 Å². The zero-order valence-corrected chi connectivity index (χ0v) is 16.3. The van der Waals surface area contributed by atoms with Crippen LogP contribution in [0, 0.1) is 0 Å². The van der Waals surface area contributed by atoms with E-state index >= 15 is 0 Å². The molecule has 0 unspecified atom stereocenters. The van der Waals surface area contributed by atoms with E-state index in [2.05, 4.69) is 53.5 Å². The molecule has 0 atom stereocenters. The highest BCUT2D eigenvalue weighted by molar-refractivity contribution is 5.68. The number of benzene rings is 2. The molecular formula is C22H27N5. The van der Waals surface area contributed by atoms with Gasteiger partial charge in [-0.2, -0.15) is 4.98 Å². The van der Waals surface area contributed by atoms with Crippen LogP contribution in [0.1, 0.15) is 6.42 Å². The molecule has 0 aliphatic rings. The summed E-state index contributed by atoms with van der Waals surface area (Å²) in [5.41, 5.74) is 3.09. The molecule has 0 aliphatic carbocycles. The van der Waals surface area contributed by atoms with Crippen molar-refractivity contribution in [3.8, 4) is 11.3 Å². The van der Waals surface area contributed by atoms with Gasteiger partial charge in [-0.1, -0.05) is 48.5 Å². The predicted molar refractivity (Wildman–Crippen MR) is 114 cm³/mol. The number of anilines is 3. The van der Waals surface area contributed by atoms with Gasteiger partial charge >= 0.3 is 0 Å². The Balaban J connectivity index is 1.88. The maximum atomic E-state index is 4.74. The summed E-state index contributed by atoms with van der Waals surface area (Å²) in [6.07, 6.45) is 1.04. The molecule has 0 aliphatic heterocycles. The van der Waals surface area contributed by atoms with Gasteiger partial charge in [0.1, 0.15) is 5.82 Å². The second-order valence-electron chi connectivity index (χ2n) is 6.78. The van der Waals surface area contributed by atoms with Gasteiger partial charge in [-0.25, -0.2) is 4.98 Å². The van der Waals surface area contributed by atoms with Crippen LogP contribution in [0.15, 0.2) is 66.7 Å². The predicted octanol–water partition coefficient (Wildman–Crippen LogP) is 4.28. The highest BCUT2D eigenvalue weighted by Gasteiger charge is 2.11. The minimum atomic E-state index is 0.660. The fourth-order valence-electron chi connectivity index (χ4n) is 2.82. The summed E-state index contributed by atoms with van der Waals surface area (Å²) < 4.78 is 0. The second-order valence-corrected chi connectivity index (χ2v) is 6.78. The Labute approximate surface area is 161 Å². The van der Waals surface area contributed by atoms with Crippen LogP contribution in [0.2, 0.25) is 0 Å². The van der Waals surface area contributed by atoms with Gasteiger partial charge in [0.05, 0.1) is 5.69 Å². The van der Waals surface area contributed by atoms with Crippen molar-refractivity contribution in [3.05, 3.63) is 66.7 Å². The summed E-state index contributed by atoms with van der Waals surface area (Å²) >= 11 is 0. The average Bonchev–Trinajstić information content (AvgIpc) is 2.71. The number of para-hydroxylation sites is 1. The smallest absolute Gasteiger partial charge is 0.225 e. The number of hydrogen-bond donors (Lipinski definition) is 1. The summed E-state index contributed by atoms with van der Waals surface area (Å²) in [5, 5.41) is 3.38. The zero-order valence-electron chi connectivity index (χ0n) is 16.3. The van der Waals surface area contributed by atoms with Crippen LogP contribution in [-0.4, -0.2) is 49.1 Å². The molecule has 5 nitrogen and oxygen atoms in total. The van der Waals surface area contributed by atoms with Crippen LogP contribution in [0.5, 0.6) is 0 Å². The van der Waals surface area contributed by atoms with Crippen LogP contribution in [0.3, 0.4) is 0 Å². The molecule has 0 amide bonds. The summed E-state index contributed by atoms with van der Waals surface area (Å²) in [7, 11) is 6.20. The quantitative estimate of drug-likeness (QED) is 0.607. The molecule has 1 aromatic heterocycles. The minimum Gasteiger partial charge on any atom is -0.354 e. The van der Waals surface area contributed by atoms with Gasteiger partial charge < -0.3 is 15.1 Å². The highest BCUT2D eigenvalue weighted by atomic mass is 15.2. The Bertz CT molecular complexity index is 834. The van der Waals surface area contributed by atoms with E-state index in [0.717, 1.165) is 42.3 Å². The first-order chi connectivity index (χ1) is 13.1. The number of aromatic nitrogens is 2. The summed E-state index contributed by atoms with van der Waals surface area (Å²) in [5.74, 6) is 1.53. The molecule has 140 valence electrons. The monoisotopic (exact) mass is 361 g/mol. The highest BCUT2D eigenvalue weighted by Crippen LogP contribution is 2.27. The Morgan fingerprint density at radius 1 is 0.852 bits per heavy atom. The number of nitrogens with zero attached hydrogens (tertiary/aromatic N) is 4. The molecule has 0 saturated carbocycles. The maximum Gasteiger partial charge on any atom is 0.225 e. The van der Waals surface area contributed by atoms with E-state index in [4.69, 9.17) is 9.97 Å². The molecule has 5 heteroatoms. The lowest BCUT2D eigenvalue weighted by molar-refractivity contribution is 0.405. The second kappa shape index (κ2) is 9.14. The van der Waals surface area contributed by atoms with Crippen LogP contribution in [0.4, 0.5) is 17.5 Å². The SMILES string of the molecule is CN(C)CCCNc1nc(-c2ccccc2)cc(N(C)c2ccccc2)n1. The summed E-state index contributed by atoms with van der Waals surface area (Å²) in [6, 6.07) is 22.5. The van der Waals surface area contributed by atoms with Crippen molar-refractivity contribution in [2.24, 2.45) is 0 Å². The van der Waals surface area contributed by atoms with Crippen molar-refractivity contribution in [2.75, 3.05) is 44.4 Å². The third kappa shape index (κ3) is 5.28. The van der Waals surface area contributed by atoms with Crippen LogP contribution >= 0.6 is 0 Å². The molecular weight excluding hydrogens is 334 g/mol. The molecule has 27 heavy (non-hydrogen) atoms. The third-order valence-corrected chi connectivity index (χ3v) is 4.33. The van der Waals surface area contributed by atoms with Crippen LogP contribution < -0.4 is 10.2 Å².